The zero-order valence-corrected chi connectivity index (χ0v) is 23.3. The van der Waals surface area contributed by atoms with Gasteiger partial charge in [0.05, 0.1) is 6.26 Å². The fourth-order valence-electron chi connectivity index (χ4n) is 7.39. The number of benzene rings is 3. The lowest BCUT2D eigenvalue weighted by Crippen LogP contribution is -2.27. The van der Waals surface area contributed by atoms with Crippen molar-refractivity contribution in [1.29, 1.82) is 0 Å². The van der Waals surface area contributed by atoms with Gasteiger partial charge in [0, 0.05) is 23.5 Å². The predicted molar refractivity (Wildman–Crippen MR) is 156 cm³/mol. The maximum Gasteiger partial charge on any atom is 0.165 e. The van der Waals surface area contributed by atoms with E-state index in [9.17, 15) is 0 Å². The quantitative estimate of drug-likeness (QED) is 0.239. The summed E-state index contributed by atoms with van der Waals surface area (Å²) in [5, 5.41) is 0. The number of hydrogen-bond donors (Lipinski definition) is 0. The number of rotatable bonds is 7. The van der Waals surface area contributed by atoms with Crippen LogP contribution in [0.3, 0.4) is 0 Å². The summed E-state index contributed by atoms with van der Waals surface area (Å²) >= 11 is 0. The SMILES string of the molecule is CC(c1ccccc1)(c1ccccc1)c1coc(CC2CC(Oc3ccc4c(c3)OCCO4)C3CCC2CC3)c1. The molecule has 8 rings (SSSR count). The van der Waals surface area contributed by atoms with Gasteiger partial charge in [-0.15, -0.1) is 0 Å². The fourth-order valence-corrected chi connectivity index (χ4v) is 7.39. The van der Waals surface area contributed by atoms with Crippen LogP contribution in [-0.2, 0) is 11.8 Å². The molecule has 3 aliphatic carbocycles. The minimum atomic E-state index is -0.282. The van der Waals surface area contributed by atoms with E-state index in [4.69, 9.17) is 18.6 Å². The summed E-state index contributed by atoms with van der Waals surface area (Å²) in [5.74, 6) is 5.47. The van der Waals surface area contributed by atoms with Gasteiger partial charge in [-0.1, -0.05) is 60.7 Å². The van der Waals surface area contributed by atoms with Crippen molar-refractivity contribution >= 4 is 0 Å². The van der Waals surface area contributed by atoms with Crippen molar-refractivity contribution in [3.05, 3.63) is 114 Å². The minimum absolute atomic E-state index is 0.216. The van der Waals surface area contributed by atoms with Crippen LogP contribution in [-0.4, -0.2) is 19.3 Å². The summed E-state index contributed by atoms with van der Waals surface area (Å²) in [6, 6.07) is 29.9. The van der Waals surface area contributed by atoms with Crippen molar-refractivity contribution in [3.63, 3.8) is 0 Å². The zero-order valence-electron chi connectivity index (χ0n) is 23.3. The molecule has 2 atom stereocenters. The van der Waals surface area contributed by atoms with E-state index in [1.807, 2.05) is 24.5 Å². The van der Waals surface area contributed by atoms with Crippen LogP contribution in [0.15, 0.2) is 95.6 Å². The third-order valence-corrected chi connectivity index (χ3v) is 9.74. The van der Waals surface area contributed by atoms with Gasteiger partial charge in [0.15, 0.2) is 11.5 Å². The first-order valence-electron chi connectivity index (χ1n) is 14.9. The summed E-state index contributed by atoms with van der Waals surface area (Å²) in [6.07, 6.45) is 9.30. The molecular formula is C36H38O4. The summed E-state index contributed by atoms with van der Waals surface area (Å²) in [4.78, 5) is 0. The normalized spacial score (nSPS) is 23.9. The lowest BCUT2D eigenvalue weighted by atomic mass is 9.72. The Morgan fingerprint density at radius 1 is 0.725 bits per heavy atom. The molecule has 40 heavy (non-hydrogen) atoms. The molecule has 4 aliphatic rings. The van der Waals surface area contributed by atoms with Gasteiger partial charge in [-0.3, -0.25) is 0 Å². The Kier molecular flexibility index (Phi) is 6.79. The lowest BCUT2D eigenvalue weighted by molar-refractivity contribution is 0.112. The molecule has 0 radical (unpaired) electrons. The van der Waals surface area contributed by atoms with E-state index in [1.54, 1.807) is 0 Å². The molecule has 1 aliphatic heterocycles. The van der Waals surface area contributed by atoms with Crippen LogP contribution < -0.4 is 14.2 Å². The predicted octanol–water partition coefficient (Wildman–Crippen LogP) is 8.22. The maximum absolute atomic E-state index is 6.71. The van der Waals surface area contributed by atoms with Gasteiger partial charge < -0.3 is 18.6 Å². The molecule has 0 spiro atoms. The molecular weight excluding hydrogens is 496 g/mol. The van der Waals surface area contributed by atoms with Crippen molar-refractivity contribution < 1.29 is 18.6 Å². The van der Waals surface area contributed by atoms with E-state index < -0.39 is 0 Å². The lowest BCUT2D eigenvalue weighted by Gasteiger charge is -2.30. The molecule has 1 aromatic heterocycles. The zero-order chi connectivity index (χ0) is 26.9. The van der Waals surface area contributed by atoms with Crippen molar-refractivity contribution in [1.82, 2.24) is 0 Å². The number of hydrogen-bond acceptors (Lipinski definition) is 4. The highest BCUT2D eigenvalue weighted by Gasteiger charge is 2.40. The van der Waals surface area contributed by atoms with Gasteiger partial charge >= 0.3 is 0 Å². The summed E-state index contributed by atoms with van der Waals surface area (Å²) in [6.45, 7) is 3.51. The van der Waals surface area contributed by atoms with Gasteiger partial charge in [-0.25, -0.2) is 0 Å². The van der Waals surface area contributed by atoms with Gasteiger partial charge in [-0.05, 0) is 86.1 Å². The van der Waals surface area contributed by atoms with Gasteiger partial charge in [0.25, 0.3) is 0 Å². The summed E-state index contributed by atoms with van der Waals surface area (Å²) in [5.41, 5.74) is 3.47. The van der Waals surface area contributed by atoms with Crippen molar-refractivity contribution in [3.8, 4) is 17.2 Å². The van der Waals surface area contributed by atoms with E-state index in [0.717, 1.165) is 41.8 Å². The molecule has 3 fully saturated rings. The summed E-state index contributed by atoms with van der Waals surface area (Å²) < 4.78 is 24.6. The average molecular weight is 535 g/mol. The molecule has 0 amide bonds. The molecule has 4 nitrogen and oxygen atoms in total. The van der Waals surface area contributed by atoms with Crippen molar-refractivity contribution in [2.24, 2.45) is 17.8 Å². The monoisotopic (exact) mass is 534 g/mol. The molecule has 206 valence electrons. The Bertz CT molecular complexity index is 1380. The van der Waals surface area contributed by atoms with Gasteiger partial charge in [0.1, 0.15) is 30.8 Å². The summed E-state index contributed by atoms with van der Waals surface area (Å²) in [7, 11) is 0. The molecule has 4 heteroatoms. The standard InChI is InChI=1S/C36H38O4/c1-36(28-8-4-2-5-9-28,29-10-6-3-7-11-29)30-22-32(39-24-30)20-27-21-34(26-14-12-25(27)13-15-26)40-31-16-17-33-35(23-31)38-19-18-37-33/h2-11,16-17,22-27,34H,12-15,18-21H2,1H3. The van der Waals surface area contributed by atoms with E-state index in [1.165, 1.54) is 42.4 Å². The van der Waals surface area contributed by atoms with Crippen LogP contribution >= 0.6 is 0 Å². The highest BCUT2D eigenvalue weighted by Crippen LogP contribution is 2.46. The minimum Gasteiger partial charge on any atom is -0.490 e. The Morgan fingerprint density at radius 3 is 2.08 bits per heavy atom. The van der Waals surface area contributed by atoms with Gasteiger partial charge in [-0.2, -0.15) is 0 Å². The Balaban J connectivity index is 1.13. The molecule has 0 N–H and O–H groups in total. The molecule has 3 aromatic carbocycles. The van der Waals surface area contributed by atoms with E-state index in [2.05, 4.69) is 73.7 Å². The Labute approximate surface area is 237 Å². The van der Waals surface area contributed by atoms with E-state index in [0.29, 0.717) is 25.0 Å². The number of furan rings is 1. The second-order valence-electron chi connectivity index (χ2n) is 12.0. The smallest absolute Gasteiger partial charge is 0.165 e. The first kappa shape index (κ1) is 25.3. The first-order chi connectivity index (χ1) is 19.7. The van der Waals surface area contributed by atoms with Crippen LogP contribution in [0.2, 0.25) is 0 Å². The average Bonchev–Trinajstić information content (AvgIpc) is 3.37. The molecule has 3 saturated carbocycles. The van der Waals surface area contributed by atoms with Crippen LogP contribution in [0.5, 0.6) is 17.2 Å². The van der Waals surface area contributed by atoms with Crippen LogP contribution in [0.4, 0.5) is 0 Å². The number of ether oxygens (including phenoxy) is 3. The van der Waals surface area contributed by atoms with Crippen LogP contribution in [0.25, 0.3) is 0 Å². The Hall–Kier alpha value is -3.66. The van der Waals surface area contributed by atoms with Crippen molar-refractivity contribution in [2.75, 3.05) is 13.2 Å². The largest absolute Gasteiger partial charge is 0.490 e. The second-order valence-corrected chi connectivity index (χ2v) is 12.0. The third kappa shape index (κ3) is 4.78. The molecule has 0 saturated heterocycles. The fraction of sp³-hybridized carbons (Fsp3) is 0.389. The molecule has 2 heterocycles. The van der Waals surface area contributed by atoms with E-state index >= 15 is 0 Å². The first-order valence-corrected chi connectivity index (χ1v) is 14.9. The second kappa shape index (κ2) is 10.7. The number of fused-ring (bicyclic) bond motifs is 5. The third-order valence-electron chi connectivity index (χ3n) is 9.74. The van der Waals surface area contributed by atoms with Crippen LogP contribution in [0, 0.1) is 17.8 Å². The van der Waals surface area contributed by atoms with E-state index in [-0.39, 0.29) is 11.5 Å². The maximum atomic E-state index is 6.71. The highest BCUT2D eigenvalue weighted by molar-refractivity contribution is 5.49. The topological polar surface area (TPSA) is 40.8 Å². The Morgan fingerprint density at radius 2 is 1.38 bits per heavy atom. The molecule has 2 unspecified atom stereocenters. The van der Waals surface area contributed by atoms with Crippen LogP contribution in [0.1, 0.15) is 61.5 Å². The molecule has 2 bridgehead atoms. The van der Waals surface area contributed by atoms with Gasteiger partial charge in [0.2, 0.25) is 0 Å². The molecule has 4 aromatic rings. The highest BCUT2D eigenvalue weighted by atomic mass is 16.6. The van der Waals surface area contributed by atoms with Crippen molar-refractivity contribution in [2.45, 2.75) is 57.0 Å².